The van der Waals surface area contributed by atoms with Crippen molar-refractivity contribution in [2.45, 2.75) is 13.3 Å². The summed E-state index contributed by atoms with van der Waals surface area (Å²) in [5.74, 6) is -1.44. The fourth-order valence-corrected chi connectivity index (χ4v) is 1.48. The lowest BCUT2D eigenvalue weighted by Crippen LogP contribution is -2.56. The molecule has 0 radical (unpaired) electrons. The highest BCUT2D eigenvalue weighted by Gasteiger charge is 2.35. The van der Waals surface area contributed by atoms with E-state index in [0.29, 0.717) is 6.54 Å². The van der Waals surface area contributed by atoms with Gasteiger partial charge in [0, 0.05) is 32.6 Å². The monoisotopic (exact) mass is 243 g/mol. The topological polar surface area (TPSA) is 98.7 Å². The maximum atomic E-state index is 11.4. The highest BCUT2D eigenvalue weighted by molar-refractivity contribution is 5.80. The van der Waals surface area contributed by atoms with Gasteiger partial charge in [-0.2, -0.15) is 0 Å². The molecule has 1 aliphatic heterocycles. The zero-order valence-electron chi connectivity index (χ0n) is 9.73. The van der Waals surface area contributed by atoms with Crippen LogP contribution >= 0.6 is 0 Å². The molecule has 0 aromatic rings. The molecule has 96 valence electrons. The van der Waals surface area contributed by atoms with E-state index in [2.05, 4.69) is 10.6 Å². The molecule has 1 fully saturated rings. The predicted molar refractivity (Wildman–Crippen MR) is 59.4 cm³/mol. The third-order valence-electron chi connectivity index (χ3n) is 2.52. The molecule has 0 aromatic carbocycles. The largest absolute Gasteiger partial charge is 0.481 e. The molecule has 1 heterocycles. The second kappa shape index (κ2) is 6.07. The van der Waals surface area contributed by atoms with Crippen LogP contribution in [-0.2, 0) is 9.59 Å². The number of hydrogen-bond acceptors (Lipinski definition) is 3. The van der Waals surface area contributed by atoms with Gasteiger partial charge in [0.1, 0.15) is 0 Å². The minimum atomic E-state index is -0.878. The van der Waals surface area contributed by atoms with Gasteiger partial charge in [0.15, 0.2) is 0 Å². The van der Waals surface area contributed by atoms with Gasteiger partial charge in [-0.15, -0.1) is 0 Å². The van der Waals surface area contributed by atoms with Crippen molar-refractivity contribution >= 4 is 17.9 Å². The molecule has 0 bridgehead atoms. The molecule has 0 atom stereocenters. The molecular weight excluding hydrogens is 226 g/mol. The Labute approximate surface area is 99.2 Å². The number of carbonyl (C=O) groups excluding carboxylic acids is 2. The van der Waals surface area contributed by atoms with Crippen LogP contribution in [0, 0.1) is 5.92 Å². The first-order chi connectivity index (χ1) is 8.04. The lowest BCUT2D eigenvalue weighted by molar-refractivity contribution is -0.146. The summed E-state index contributed by atoms with van der Waals surface area (Å²) in [5.41, 5.74) is 0. The molecule has 3 N–H and O–H groups in total. The van der Waals surface area contributed by atoms with Gasteiger partial charge in [0.05, 0.1) is 5.92 Å². The smallest absolute Gasteiger partial charge is 0.317 e. The van der Waals surface area contributed by atoms with Gasteiger partial charge in [-0.1, -0.05) is 0 Å². The van der Waals surface area contributed by atoms with Crippen LogP contribution in [0.5, 0.6) is 0 Å². The summed E-state index contributed by atoms with van der Waals surface area (Å²) >= 11 is 0. The van der Waals surface area contributed by atoms with Gasteiger partial charge in [0.25, 0.3) is 0 Å². The molecule has 7 nitrogen and oxygen atoms in total. The van der Waals surface area contributed by atoms with E-state index in [1.54, 1.807) is 0 Å². The minimum absolute atomic E-state index is 0.111. The molecular formula is C10H17N3O4. The van der Waals surface area contributed by atoms with Crippen LogP contribution in [0.4, 0.5) is 4.79 Å². The van der Waals surface area contributed by atoms with Crippen LogP contribution in [0.2, 0.25) is 0 Å². The number of urea groups is 1. The highest BCUT2D eigenvalue weighted by atomic mass is 16.4. The van der Waals surface area contributed by atoms with Crippen LogP contribution in [0.1, 0.15) is 13.3 Å². The molecule has 1 rings (SSSR count). The average Bonchev–Trinajstić information content (AvgIpc) is 2.14. The Balaban J connectivity index is 2.11. The van der Waals surface area contributed by atoms with Crippen molar-refractivity contribution < 1.29 is 19.5 Å². The summed E-state index contributed by atoms with van der Waals surface area (Å²) < 4.78 is 0. The molecule has 0 aromatic heterocycles. The first-order valence-electron chi connectivity index (χ1n) is 5.56. The van der Waals surface area contributed by atoms with Gasteiger partial charge in [-0.05, 0) is 6.92 Å². The van der Waals surface area contributed by atoms with Crippen LogP contribution in [0.15, 0.2) is 0 Å². The van der Waals surface area contributed by atoms with E-state index in [1.807, 2.05) is 6.92 Å². The maximum absolute atomic E-state index is 11.4. The van der Waals surface area contributed by atoms with Crippen molar-refractivity contribution in [1.82, 2.24) is 15.5 Å². The number of hydrogen-bond donors (Lipinski definition) is 3. The molecule has 1 aliphatic rings. The fraction of sp³-hybridized carbons (Fsp3) is 0.700. The summed E-state index contributed by atoms with van der Waals surface area (Å²) in [6.45, 7) is 3.13. The second-order valence-electron chi connectivity index (χ2n) is 3.88. The Kier molecular flexibility index (Phi) is 4.74. The summed E-state index contributed by atoms with van der Waals surface area (Å²) in [6.07, 6.45) is 0.232. The normalized spacial score (nSPS) is 15.0. The number of carboxylic acid groups (broad SMARTS) is 1. The number of likely N-dealkylation sites (tertiary alicyclic amines) is 1. The van der Waals surface area contributed by atoms with Gasteiger partial charge in [0.2, 0.25) is 5.91 Å². The SMILES string of the molecule is CCNC(=O)CCNC(=O)N1CC(C(=O)O)C1. The third kappa shape index (κ3) is 3.93. The van der Waals surface area contributed by atoms with Crippen molar-refractivity contribution in [3.63, 3.8) is 0 Å². The number of aliphatic carboxylic acids is 1. The van der Waals surface area contributed by atoms with E-state index in [9.17, 15) is 14.4 Å². The summed E-state index contributed by atoms with van der Waals surface area (Å²) in [6, 6.07) is -0.313. The Morgan fingerprint density at radius 3 is 2.47 bits per heavy atom. The molecule has 3 amide bonds. The summed E-state index contributed by atoms with van der Waals surface area (Å²) in [5, 5.41) is 13.8. The molecule has 0 unspecified atom stereocenters. The van der Waals surface area contributed by atoms with Crippen molar-refractivity contribution in [3.8, 4) is 0 Å². The van der Waals surface area contributed by atoms with E-state index in [1.165, 1.54) is 4.90 Å². The zero-order chi connectivity index (χ0) is 12.8. The molecule has 0 spiro atoms. The molecule has 0 saturated carbocycles. The quantitative estimate of drug-likeness (QED) is 0.591. The Hall–Kier alpha value is -1.79. The maximum Gasteiger partial charge on any atom is 0.317 e. The lowest BCUT2D eigenvalue weighted by Gasteiger charge is -2.36. The van der Waals surface area contributed by atoms with Crippen LogP contribution in [0.25, 0.3) is 0 Å². The van der Waals surface area contributed by atoms with Gasteiger partial charge in [-0.25, -0.2) is 4.79 Å². The first kappa shape index (κ1) is 13.3. The van der Waals surface area contributed by atoms with E-state index >= 15 is 0 Å². The Morgan fingerprint density at radius 2 is 1.94 bits per heavy atom. The summed E-state index contributed by atoms with van der Waals surface area (Å²) in [4.78, 5) is 34.4. The van der Waals surface area contributed by atoms with Gasteiger partial charge >= 0.3 is 12.0 Å². The summed E-state index contributed by atoms with van der Waals surface area (Å²) in [7, 11) is 0. The van der Waals surface area contributed by atoms with E-state index < -0.39 is 11.9 Å². The Bertz CT molecular complexity index is 313. The number of nitrogens with one attached hydrogen (secondary N) is 2. The molecule has 0 aliphatic carbocycles. The Morgan fingerprint density at radius 1 is 1.29 bits per heavy atom. The number of carbonyl (C=O) groups is 3. The number of amides is 3. The molecule has 7 heteroatoms. The standard InChI is InChI=1S/C10H17N3O4/c1-2-11-8(14)3-4-12-10(17)13-5-7(6-13)9(15)16/h7H,2-6H2,1H3,(H,11,14)(H,12,17)(H,15,16). The van der Waals surface area contributed by atoms with Gasteiger partial charge in [-0.3, -0.25) is 9.59 Å². The van der Waals surface area contributed by atoms with E-state index in [0.717, 1.165) is 0 Å². The number of rotatable bonds is 5. The number of carboxylic acids is 1. The van der Waals surface area contributed by atoms with E-state index in [-0.39, 0.29) is 38.0 Å². The third-order valence-corrected chi connectivity index (χ3v) is 2.52. The van der Waals surface area contributed by atoms with Crippen molar-refractivity contribution in [1.29, 1.82) is 0 Å². The average molecular weight is 243 g/mol. The van der Waals surface area contributed by atoms with Crippen LogP contribution < -0.4 is 10.6 Å². The van der Waals surface area contributed by atoms with Crippen LogP contribution in [-0.4, -0.2) is 54.1 Å². The van der Waals surface area contributed by atoms with Crippen molar-refractivity contribution in [3.05, 3.63) is 0 Å². The molecule has 17 heavy (non-hydrogen) atoms. The lowest BCUT2D eigenvalue weighted by atomic mass is 10.0. The van der Waals surface area contributed by atoms with Gasteiger partial charge < -0.3 is 20.6 Å². The first-order valence-corrected chi connectivity index (χ1v) is 5.56. The zero-order valence-corrected chi connectivity index (χ0v) is 9.73. The fourth-order valence-electron chi connectivity index (χ4n) is 1.48. The van der Waals surface area contributed by atoms with E-state index in [4.69, 9.17) is 5.11 Å². The molecule has 1 saturated heterocycles. The van der Waals surface area contributed by atoms with Crippen molar-refractivity contribution in [2.75, 3.05) is 26.2 Å². The highest BCUT2D eigenvalue weighted by Crippen LogP contribution is 2.14. The van der Waals surface area contributed by atoms with Crippen LogP contribution in [0.3, 0.4) is 0 Å². The predicted octanol–water partition coefficient (Wildman–Crippen LogP) is -0.761. The minimum Gasteiger partial charge on any atom is -0.481 e. The second-order valence-corrected chi connectivity index (χ2v) is 3.88. The number of nitrogens with zero attached hydrogens (tertiary/aromatic N) is 1. The van der Waals surface area contributed by atoms with Crippen molar-refractivity contribution in [2.24, 2.45) is 5.92 Å².